The number of hydrogen-bond acceptors (Lipinski definition) is 4. The number of nitrogens with one attached hydrogen (secondary N) is 2. The van der Waals surface area contributed by atoms with Gasteiger partial charge in [-0.3, -0.25) is 4.79 Å². The normalized spacial score (nSPS) is 10.2. The zero-order valence-electron chi connectivity index (χ0n) is 11.5. The van der Waals surface area contributed by atoms with E-state index < -0.39 is 5.97 Å². The molecule has 2 N–H and O–H groups in total. The number of hydrogen-bond donors (Lipinski definition) is 2. The largest absolute Gasteiger partial charge is 0.465 e. The Morgan fingerprint density at radius 1 is 1.30 bits per heavy atom. The Morgan fingerprint density at radius 3 is 2.75 bits per heavy atom. The van der Waals surface area contributed by atoms with E-state index in [-0.39, 0.29) is 5.56 Å². The summed E-state index contributed by atoms with van der Waals surface area (Å²) in [6.45, 7) is 4.00. The third-order valence-electron chi connectivity index (χ3n) is 2.82. The topological polar surface area (TPSA) is 87.8 Å². The maximum atomic E-state index is 11.7. The second kappa shape index (κ2) is 5.56. The van der Waals surface area contributed by atoms with Crippen molar-refractivity contribution in [3.05, 3.63) is 40.4 Å². The first-order chi connectivity index (χ1) is 9.70. The molecule has 6 heteroatoms. The van der Waals surface area contributed by atoms with E-state index in [1.165, 1.54) is 13.4 Å². The number of aromatic nitrogens is 3. The van der Waals surface area contributed by atoms with Gasteiger partial charge in [0.2, 0.25) is 0 Å². The van der Waals surface area contributed by atoms with Crippen LogP contribution in [0, 0.1) is 0 Å². The first kappa shape index (κ1) is 13.8. The number of nitrogens with zero attached hydrogens (tertiary/aromatic N) is 1. The lowest BCUT2D eigenvalue weighted by Crippen LogP contribution is -2.04. The van der Waals surface area contributed by atoms with Crippen molar-refractivity contribution in [1.82, 2.24) is 15.0 Å². The maximum absolute atomic E-state index is 11.7. The van der Waals surface area contributed by atoms with Gasteiger partial charge in [0, 0.05) is 10.9 Å². The molecule has 104 valence electrons. The predicted molar refractivity (Wildman–Crippen MR) is 76.9 cm³/mol. The first-order valence-corrected chi connectivity index (χ1v) is 6.28. The Bertz CT molecular complexity index is 817. The molecule has 0 spiro atoms. The van der Waals surface area contributed by atoms with Crippen molar-refractivity contribution in [3.63, 3.8) is 0 Å². The zero-order valence-corrected chi connectivity index (χ0v) is 11.5. The maximum Gasteiger partial charge on any atom is 0.337 e. The van der Waals surface area contributed by atoms with E-state index in [9.17, 15) is 9.59 Å². The van der Waals surface area contributed by atoms with Gasteiger partial charge in [-0.1, -0.05) is 19.9 Å². The Morgan fingerprint density at radius 2 is 2.05 bits per heavy atom. The monoisotopic (exact) mass is 273 g/mol. The van der Waals surface area contributed by atoms with E-state index in [4.69, 9.17) is 0 Å². The molecule has 3 rings (SSSR count). The minimum absolute atomic E-state index is 0.211. The highest BCUT2D eigenvalue weighted by Gasteiger charge is 2.11. The number of rotatable bonds is 1. The molecule has 2 aromatic heterocycles. The van der Waals surface area contributed by atoms with Gasteiger partial charge in [0.1, 0.15) is 5.65 Å². The fourth-order valence-electron chi connectivity index (χ4n) is 1.98. The molecule has 0 amide bonds. The van der Waals surface area contributed by atoms with Gasteiger partial charge in [0.15, 0.2) is 0 Å². The number of esters is 1. The number of carbonyl (C=O) groups is 1. The molecule has 0 aliphatic carbocycles. The highest BCUT2D eigenvalue weighted by Crippen LogP contribution is 2.22. The smallest absolute Gasteiger partial charge is 0.337 e. The second-order valence-corrected chi connectivity index (χ2v) is 3.83. The van der Waals surface area contributed by atoms with E-state index in [0.717, 1.165) is 5.39 Å². The van der Waals surface area contributed by atoms with Crippen LogP contribution in [0.4, 0.5) is 0 Å². The fraction of sp³-hybridized carbons (Fsp3) is 0.214. The first-order valence-electron chi connectivity index (χ1n) is 6.28. The number of carbonyl (C=O) groups excluding carboxylic acids is 1. The van der Waals surface area contributed by atoms with Gasteiger partial charge in [-0.05, 0) is 12.1 Å². The van der Waals surface area contributed by atoms with Crippen molar-refractivity contribution >= 4 is 27.9 Å². The van der Waals surface area contributed by atoms with Crippen molar-refractivity contribution in [2.24, 2.45) is 0 Å². The van der Waals surface area contributed by atoms with Gasteiger partial charge in [-0.15, -0.1) is 0 Å². The third kappa shape index (κ3) is 2.16. The van der Waals surface area contributed by atoms with E-state index in [2.05, 4.69) is 19.7 Å². The summed E-state index contributed by atoms with van der Waals surface area (Å²) in [6.07, 6.45) is 1.33. The van der Waals surface area contributed by atoms with Crippen LogP contribution in [0.15, 0.2) is 29.3 Å². The van der Waals surface area contributed by atoms with E-state index in [0.29, 0.717) is 22.1 Å². The predicted octanol–water partition coefficient (Wildman–Crippen LogP) is 2.22. The molecule has 0 radical (unpaired) electrons. The summed E-state index contributed by atoms with van der Waals surface area (Å²) in [6, 6.07) is 4.97. The van der Waals surface area contributed by atoms with Crippen LogP contribution in [0.2, 0.25) is 0 Å². The molecule has 0 aliphatic rings. The Hall–Kier alpha value is -2.63. The lowest BCUT2D eigenvalue weighted by molar-refractivity contribution is 0.0601. The van der Waals surface area contributed by atoms with Crippen LogP contribution in [-0.4, -0.2) is 28.0 Å². The van der Waals surface area contributed by atoms with Crippen LogP contribution in [0.3, 0.4) is 0 Å². The number of benzene rings is 1. The molecule has 3 aromatic rings. The summed E-state index contributed by atoms with van der Waals surface area (Å²) in [4.78, 5) is 32.7. The number of methoxy groups -OCH3 is 1. The summed E-state index contributed by atoms with van der Waals surface area (Å²) in [7, 11) is 1.32. The molecule has 0 fully saturated rings. The highest BCUT2D eigenvalue weighted by molar-refractivity contribution is 6.07. The minimum atomic E-state index is -0.419. The standard InChI is InChI=1S/C12H9N3O3.C2H6/c1-18-12(17)6-2-3-7-8(4-6)15-10-9(7)11(16)14-5-13-10;1-2/h2-5H,1H3,(H2,13,14,15,16);1-2H3. The molecule has 0 aliphatic heterocycles. The van der Waals surface area contributed by atoms with Gasteiger partial charge in [0.05, 0.1) is 24.4 Å². The molecule has 0 atom stereocenters. The number of fused-ring (bicyclic) bond motifs is 3. The van der Waals surface area contributed by atoms with Crippen molar-refractivity contribution in [3.8, 4) is 0 Å². The average Bonchev–Trinajstić information content (AvgIpc) is 2.87. The van der Waals surface area contributed by atoms with Crippen LogP contribution >= 0.6 is 0 Å². The van der Waals surface area contributed by atoms with Crippen LogP contribution in [-0.2, 0) is 4.74 Å². The van der Waals surface area contributed by atoms with Crippen molar-refractivity contribution in [1.29, 1.82) is 0 Å². The van der Waals surface area contributed by atoms with Gasteiger partial charge >= 0.3 is 5.97 Å². The number of ether oxygens (including phenoxy) is 1. The van der Waals surface area contributed by atoms with E-state index in [1.54, 1.807) is 18.2 Å². The van der Waals surface area contributed by atoms with Crippen LogP contribution < -0.4 is 5.56 Å². The summed E-state index contributed by atoms with van der Waals surface area (Å²) < 4.78 is 4.65. The molecule has 1 aromatic carbocycles. The zero-order chi connectivity index (χ0) is 14.7. The Balaban J connectivity index is 0.000000704. The van der Waals surface area contributed by atoms with E-state index in [1.807, 2.05) is 13.8 Å². The molecule has 6 nitrogen and oxygen atoms in total. The molecule has 20 heavy (non-hydrogen) atoms. The SMILES string of the molecule is CC.COC(=O)c1ccc2c(c1)[nH]c1nc[nH]c(=O)c12. The highest BCUT2D eigenvalue weighted by atomic mass is 16.5. The lowest BCUT2D eigenvalue weighted by Gasteiger charge is -1.98. The lowest BCUT2D eigenvalue weighted by atomic mass is 10.1. The van der Waals surface area contributed by atoms with Crippen molar-refractivity contribution < 1.29 is 9.53 Å². The van der Waals surface area contributed by atoms with E-state index >= 15 is 0 Å². The van der Waals surface area contributed by atoms with Crippen molar-refractivity contribution in [2.75, 3.05) is 7.11 Å². The average molecular weight is 273 g/mol. The fourth-order valence-corrected chi connectivity index (χ4v) is 1.98. The summed E-state index contributed by atoms with van der Waals surface area (Å²) in [5, 5.41) is 1.22. The van der Waals surface area contributed by atoms with Gasteiger partial charge < -0.3 is 14.7 Å². The molecule has 0 unspecified atom stereocenters. The van der Waals surface area contributed by atoms with Crippen LogP contribution in [0.1, 0.15) is 24.2 Å². The molecule has 0 saturated heterocycles. The molecule has 2 heterocycles. The van der Waals surface area contributed by atoms with Gasteiger partial charge in [0.25, 0.3) is 5.56 Å². The van der Waals surface area contributed by atoms with Crippen LogP contribution in [0.5, 0.6) is 0 Å². The Kier molecular flexibility index (Phi) is 3.84. The molecular weight excluding hydrogens is 258 g/mol. The van der Waals surface area contributed by atoms with Gasteiger partial charge in [-0.2, -0.15) is 0 Å². The summed E-state index contributed by atoms with van der Waals surface area (Å²) in [5.74, 6) is -0.419. The molecular formula is C14H15N3O3. The Labute approximate surface area is 114 Å². The molecule has 0 saturated carbocycles. The summed E-state index contributed by atoms with van der Waals surface area (Å²) in [5.41, 5.74) is 1.39. The van der Waals surface area contributed by atoms with Crippen LogP contribution in [0.25, 0.3) is 21.9 Å². The number of H-pyrrole nitrogens is 2. The molecule has 0 bridgehead atoms. The third-order valence-corrected chi connectivity index (χ3v) is 2.82. The van der Waals surface area contributed by atoms with Crippen molar-refractivity contribution in [2.45, 2.75) is 13.8 Å². The van der Waals surface area contributed by atoms with Gasteiger partial charge in [-0.25, -0.2) is 9.78 Å². The second-order valence-electron chi connectivity index (χ2n) is 3.83. The minimum Gasteiger partial charge on any atom is -0.465 e. The quantitative estimate of drug-likeness (QED) is 0.665. The summed E-state index contributed by atoms with van der Waals surface area (Å²) >= 11 is 0. The number of aromatic amines is 2.